The Morgan fingerprint density at radius 2 is 1.62 bits per heavy atom. The van der Waals surface area contributed by atoms with Crippen molar-refractivity contribution in [1.29, 1.82) is 0 Å². The summed E-state index contributed by atoms with van der Waals surface area (Å²) in [6.07, 6.45) is 6.61. The maximum absolute atomic E-state index is 10.2. The highest BCUT2D eigenvalue weighted by molar-refractivity contribution is 5.37. The summed E-state index contributed by atoms with van der Waals surface area (Å²) >= 11 is 0. The zero-order valence-electron chi connectivity index (χ0n) is 19.0. The number of benzene rings is 2. The average molecular weight is 437 g/mol. The van der Waals surface area contributed by atoms with E-state index in [0.29, 0.717) is 6.42 Å². The Kier molecular flexibility index (Phi) is 6.15. The highest BCUT2D eigenvalue weighted by Gasteiger charge is 2.44. The minimum absolute atomic E-state index is 0.304. The summed E-state index contributed by atoms with van der Waals surface area (Å²) in [5.74, 6) is 0.727. The van der Waals surface area contributed by atoms with E-state index in [2.05, 4.69) is 43.3 Å². The Balaban J connectivity index is 1.27. The second kappa shape index (κ2) is 8.90. The summed E-state index contributed by atoms with van der Waals surface area (Å²) < 4.78 is 5.89. The first-order valence-electron chi connectivity index (χ1n) is 12.3. The third-order valence-electron chi connectivity index (χ3n) is 8.34. The van der Waals surface area contributed by atoms with Gasteiger partial charge in [0.05, 0.1) is 18.8 Å². The van der Waals surface area contributed by atoms with E-state index in [1.165, 1.54) is 60.8 Å². The SMILES string of the molecule is Cc1ccc([C@@H]2CC(O)[C@H](O)C(CO)O2)cc1Cc1ccc(C2CCC3(CC2)CC3)cc1. The van der Waals surface area contributed by atoms with Crippen molar-refractivity contribution >= 4 is 0 Å². The van der Waals surface area contributed by atoms with E-state index in [1.807, 2.05) is 6.07 Å². The van der Waals surface area contributed by atoms with Gasteiger partial charge in [0, 0.05) is 6.42 Å². The fourth-order valence-electron chi connectivity index (χ4n) is 5.77. The van der Waals surface area contributed by atoms with Gasteiger partial charge in [-0.25, -0.2) is 0 Å². The molecule has 4 atom stereocenters. The topological polar surface area (TPSA) is 69.9 Å². The van der Waals surface area contributed by atoms with Gasteiger partial charge in [-0.05, 0) is 91.0 Å². The van der Waals surface area contributed by atoms with Crippen LogP contribution in [0.15, 0.2) is 42.5 Å². The van der Waals surface area contributed by atoms with Crippen molar-refractivity contribution in [3.8, 4) is 0 Å². The molecule has 1 spiro atoms. The quantitative estimate of drug-likeness (QED) is 0.642. The van der Waals surface area contributed by atoms with E-state index < -0.39 is 18.3 Å². The van der Waals surface area contributed by atoms with Crippen LogP contribution in [0, 0.1) is 12.3 Å². The number of hydrogen-bond acceptors (Lipinski definition) is 4. The van der Waals surface area contributed by atoms with Crippen molar-refractivity contribution in [2.24, 2.45) is 5.41 Å². The predicted molar refractivity (Wildman–Crippen MR) is 125 cm³/mol. The summed E-state index contributed by atoms with van der Waals surface area (Å²) in [5.41, 5.74) is 7.00. The number of aryl methyl sites for hydroxylation is 1. The molecule has 0 amide bonds. The van der Waals surface area contributed by atoms with Gasteiger partial charge in [0.25, 0.3) is 0 Å². The van der Waals surface area contributed by atoms with Crippen molar-refractivity contribution in [3.05, 3.63) is 70.3 Å². The largest absolute Gasteiger partial charge is 0.394 e. The monoisotopic (exact) mass is 436 g/mol. The van der Waals surface area contributed by atoms with Crippen LogP contribution in [0.25, 0.3) is 0 Å². The van der Waals surface area contributed by atoms with Gasteiger partial charge in [0.2, 0.25) is 0 Å². The van der Waals surface area contributed by atoms with E-state index in [0.717, 1.165) is 23.3 Å². The molecule has 2 aromatic carbocycles. The summed E-state index contributed by atoms with van der Waals surface area (Å²) in [4.78, 5) is 0. The highest BCUT2D eigenvalue weighted by atomic mass is 16.5. The second-order valence-corrected chi connectivity index (χ2v) is 10.5. The molecule has 32 heavy (non-hydrogen) atoms. The number of rotatable bonds is 5. The Morgan fingerprint density at radius 3 is 2.28 bits per heavy atom. The van der Waals surface area contributed by atoms with Gasteiger partial charge in [-0.15, -0.1) is 0 Å². The first-order chi connectivity index (χ1) is 15.5. The van der Waals surface area contributed by atoms with Crippen molar-refractivity contribution in [1.82, 2.24) is 0 Å². The standard InChI is InChI=1S/C28H36O4/c1-18-2-5-22(25-16-24(30)27(31)26(17-29)32-25)15-23(18)14-19-3-6-20(7-4-19)21-8-10-28(11-9-21)12-13-28/h2-7,15,21,24-27,29-31H,8-14,16-17H2,1H3/t24?,25-,26?,27-/m0/s1. The van der Waals surface area contributed by atoms with Crippen LogP contribution in [0.1, 0.15) is 84.8 Å². The molecule has 3 N–H and O–H groups in total. The lowest BCUT2D eigenvalue weighted by Crippen LogP contribution is -2.47. The molecule has 3 aliphatic rings. The van der Waals surface area contributed by atoms with Crippen LogP contribution in [0.5, 0.6) is 0 Å². The molecule has 4 heteroatoms. The summed E-state index contributed by atoms with van der Waals surface area (Å²) in [7, 11) is 0. The Hall–Kier alpha value is -1.72. The molecule has 2 aromatic rings. The van der Waals surface area contributed by atoms with E-state index in [1.54, 1.807) is 0 Å². The lowest BCUT2D eigenvalue weighted by molar-refractivity contribution is -0.181. The van der Waals surface area contributed by atoms with Crippen LogP contribution in [0.3, 0.4) is 0 Å². The van der Waals surface area contributed by atoms with Gasteiger partial charge >= 0.3 is 0 Å². The van der Waals surface area contributed by atoms with Gasteiger partial charge in [-0.1, -0.05) is 42.5 Å². The van der Waals surface area contributed by atoms with E-state index in [-0.39, 0.29) is 12.7 Å². The normalized spacial score (nSPS) is 29.9. The molecule has 2 unspecified atom stereocenters. The molecule has 1 heterocycles. The summed E-state index contributed by atoms with van der Waals surface area (Å²) in [5, 5.41) is 29.7. The van der Waals surface area contributed by atoms with E-state index in [4.69, 9.17) is 4.74 Å². The fraction of sp³-hybridized carbons (Fsp3) is 0.571. The van der Waals surface area contributed by atoms with Gasteiger partial charge < -0.3 is 20.1 Å². The molecule has 0 aromatic heterocycles. The van der Waals surface area contributed by atoms with Gasteiger partial charge in [0.15, 0.2) is 0 Å². The molecule has 5 rings (SSSR count). The van der Waals surface area contributed by atoms with Crippen LogP contribution >= 0.6 is 0 Å². The number of hydrogen-bond donors (Lipinski definition) is 3. The third-order valence-corrected chi connectivity index (χ3v) is 8.34. The van der Waals surface area contributed by atoms with Gasteiger partial charge in [0.1, 0.15) is 12.2 Å². The molecule has 2 saturated carbocycles. The Morgan fingerprint density at radius 1 is 0.938 bits per heavy atom. The van der Waals surface area contributed by atoms with Crippen LogP contribution < -0.4 is 0 Å². The van der Waals surface area contributed by atoms with Gasteiger partial charge in [-0.2, -0.15) is 0 Å². The maximum atomic E-state index is 10.2. The maximum Gasteiger partial charge on any atom is 0.110 e. The highest BCUT2D eigenvalue weighted by Crippen LogP contribution is 2.58. The minimum atomic E-state index is -1.04. The van der Waals surface area contributed by atoms with Crippen LogP contribution in [0.2, 0.25) is 0 Å². The van der Waals surface area contributed by atoms with Gasteiger partial charge in [-0.3, -0.25) is 0 Å². The number of aliphatic hydroxyl groups is 3. The lowest BCUT2D eigenvalue weighted by Gasteiger charge is -2.36. The summed E-state index contributed by atoms with van der Waals surface area (Å²) in [6.45, 7) is 1.82. The molecule has 0 bridgehead atoms. The predicted octanol–water partition coefficient (Wildman–Crippen LogP) is 4.57. The van der Waals surface area contributed by atoms with Crippen molar-refractivity contribution in [3.63, 3.8) is 0 Å². The lowest BCUT2D eigenvalue weighted by atomic mass is 9.77. The van der Waals surface area contributed by atoms with E-state index in [9.17, 15) is 15.3 Å². The average Bonchev–Trinajstić information content (AvgIpc) is 3.57. The fourth-order valence-corrected chi connectivity index (χ4v) is 5.77. The Bertz CT molecular complexity index is 923. The second-order valence-electron chi connectivity index (χ2n) is 10.5. The molecule has 0 radical (unpaired) electrons. The van der Waals surface area contributed by atoms with Crippen molar-refractivity contribution in [2.75, 3.05) is 6.61 Å². The molecule has 2 aliphatic carbocycles. The van der Waals surface area contributed by atoms with Crippen LogP contribution in [0.4, 0.5) is 0 Å². The molecule has 1 aliphatic heterocycles. The van der Waals surface area contributed by atoms with Crippen molar-refractivity contribution in [2.45, 2.75) is 88.6 Å². The first kappa shape index (κ1) is 22.1. The number of ether oxygens (including phenoxy) is 1. The van der Waals surface area contributed by atoms with E-state index >= 15 is 0 Å². The number of aliphatic hydroxyl groups excluding tert-OH is 3. The third kappa shape index (κ3) is 4.51. The molecule has 4 nitrogen and oxygen atoms in total. The molecular formula is C28H36O4. The van der Waals surface area contributed by atoms with Crippen LogP contribution in [-0.2, 0) is 11.2 Å². The molecule has 1 saturated heterocycles. The minimum Gasteiger partial charge on any atom is -0.394 e. The molecular weight excluding hydrogens is 400 g/mol. The smallest absolute Gasteiger partial charge is 0.110 e. The summed E-state index contributed by atoms with van der Waals surface area (Å²) in [6, 6.07) is 15.5. The van der Waals surface area contributed by atoms with Crippen molar-refractivity contribution < 1.29 is 20.1 Å². The molecule has 172 valence electrons. The van der Waals surface area contributed by atoms with Crippen LogP contribution in [-0.4, -0.2) is 40.2 Å². The first-order valence-corrected chi connectivity index (χ1v) is 12.3. The molecule has 3 fully saturated rings. The zero-order chi connectivity index (χ0) is 22.3. The Labute approximate surface area is 191 Å². The zero-order valence-corrected chi connectivity index (χ0v) is 19.0.